The quantitative estimate of drug-likeness (QED) is 0.619. The van der Waals surface area contributed by atoms with E-state index in [1.807, 2.05) is 6.07 Å². The van der Waals surface area contributed by atoms with E-state index in [9.17, 15) is 9.18 Å². The maximum Gasteiger partial charge on any atom is 0.306 e. The summed E-state index contributed by atoms with van der Waals surface area (Å²) in [7, 11) is 1.32. The molecule has 0 atom stereocenters. The molecule has 17 heavy (non-hydrogen) atoms. The van der Waals surface area contributed by atoms with Gasteiger partial charge in [0, 0.05) is 18.7 Å². The summed E-state index contributed by atoms with van der Waals surface area (Å²) in [5, 5.41) is 11.6. The summed E-state index contributed by atoms with van der Waals surface area (Å²) in [5.74, 6) is -0.682. The second-order valence-electron chi connectivity index (χ2n) is 3.42. The van der Waals surface area contributed by atoms with Gasteiger partial charge in [-0.25, -0.2) is 4.39 Å². The Morgan fingerprint density at radius 1 is 1.59 bits per heavy atom. The number of nitriles is 1. The smallest absolute Gasteiger partial charge is 0.306 e. The van der Waals surface area contributed by atoms with Gasteiger partial charge in [-0.05, 0) is 18.2 Å². The normalized spacial score (nSPS) is 9.71. The number of halogens is 1. The molecular weight excluding hydrogens is 223 g/mol. The van der Waals surface area contributed by atoms with Crippen LogP contribution in [0.4, 0.5) is 4.39 Å². The number of hydrogen-bond donors (Lipinski definition) is 1. The van der Waals surface area contributed by atoms with Gasteiger partial charge in [0.25, 0.3) is 0 Å². The van der Waals surface area contributed by atoms with Gasteiger partial charge in [0.1, 0.15) is 5.82 Å². The molecule has 0 aliphatic heterocycles. The van der Waals surface area contributed by atoms with Gasteiger partial charge >= 0.3 is 5.97 Å². The van der Waals surface area contributed by atoms with Crippen LogP contribution in [0.1, 0.15) is 17.5 Å². The molecule has 0 unspecified atom stereocenters. The number of ether oxygens (including phenoxy) is 1. The zero-order chi connectivity index (χ0) is 12.7. The average molecular weight is 236 g/mol. The molecular formula is C12H13FN2O2. The second kappa shape index (κ2) is 6.61. The monoisotopic (exact) mass is 236 g/mol. The van der Waals surface area contributed by atoms with Gasteiger partial charge in [0.2, 0.25) is 0 Å². The van der Waals surface area contributed by atoms with Crippen LogP contribution < -0.4 is 5.32 Å². The van der Waals surface area contributed by atoms with Crippen molar-refractivity contribution in [2.24, 2.45) is 0 Å². The molecule has 5 heteroatoms. The van der Waals surface area contributed by atoms with E-state index < -0.39 is 0 Å². The van der Waals surface area contributed by atoms with Gasteiger partial charge in [-0.1, -0.05) is 0 Å². The number of esters is 1. The van der Waals surface area contributed by atoms with Gasteiger partial charge in [-0.2, -0.15) is 5.26 Å². The molecule has 0 heterocycles. The molecule has 0 spiro atoms. The molecule has 1 aromatic carbocycles. The molecule has 0 amide bonds. The fourth-order valence-electron chi connectivity index (χ4n) is 1.30. The Morgan fingerprint density at radius 2 is 2.35 bits per heavy atom. The molecule has 90 valence electrons. The van der Waals surface area contributed by atoms with E-state index in [0.29, 0.717) is 17.7 Å². The van der Waals surface area contributed by atoms with Crippen LogP contribution in [-0.4, -0.2) is 19.6 Å². The van der Waals surface area contributed by atoms with E-state index in [1.165, 1.54) is 25.3 Å². The molecule has 0 radical (unpaired) electrons. The number of carbonyl (C=O) groups excluding carboxylic acids is 1. The van der Waals surface area contributed by atoms with Crippen LogP contribution in [0.15, 0.2) is 18.2 Å². The van der Waals surface area contributed by atoms with Crippen LogP contribution in [0.2, 0.25) is 0 Å². The van der Waals surface area contributed by atoms with E-state index in [4.69, 9.17) is 5.26 Å². The maximum absolute atomic E-state index is 13.3. The first-order chi connectivity index (χ1) is 8.17. The Balaban J connectivity index is 2.46. The lowest BCUT2D eigenvalue weighted by molar-refractivity contribution is -0.140. The number of benzene rings is 1. The lowest BCUT2D eigenvalue weighted by Gasteiger charge is -2.05. The molecule has 0 saturated carbocycles. The van der Waals surface area contributed by atoms with Crippen LogP contribution in [0.25, 0.3) is 0 Å². The summed E-state index contributed by atoms with van der Waals surface area (Å²) < 4.78 is 17.8. The maximum atomic E-state index is 13.3. The number of nitrogens with zero attached hydrogens (tertiary/aromatic N) is 1. The van der Waals surface area contributed by atoms with Crippen LogP contribution in [0.3, 0.4) is 0 Å². The molecule has 0 fully saturated rings. The standard InChI is InChI=1S/C12H13FN2O2/c1-17-12(16)4-5-15-8-10-6-9(7-14)2-3-11(10)13/h2-3,6,15H,4-5,8H2,1H3. The third-order valence-electron chi connectivity index (χ3n) is 2.22. The first kappa shape index (κ1) is 13.1. The Kier molecular flexibility index (Phi) is 5.11. The fourth-order valence-corrected chi connectivity index (χ4v) is 1.30. The van der Waals surface area contributed by atoms with Gasteiger partial charge in [-0.15, -0.1) is 0 Å². The predicted octanol–water partition coefficient (Wildman–Crippen LogP) is 1.35. The van der Waals surface area contributed by atoms with E-state index in [0.717, 1.165) is 0 Å². The third-order valence-corrected chi connectivity index (χ3v) is 2.22. The van der Waals surface area contributed by atoms with Crippen molar-refractivity contribution >= 4 is 5.97 Å². The van der Waals surface area contributed by atoms with E-state index in [1.54, 1.807) is 0 Å². The molecule has 0 aliphatic rings. The molecule has 1 N–H and O–H groups in total. The highest BCUT2D eigenvalue weighted by atomic mass is 19.1. The number of carbonyl (C=O) groups is 1. The van der Waals surface area contributed by atoms with Gasteiger partial charge < -0.3 is 10.1 Å². The zero-order valence-corrected chi connectivity index (χ0v) is 9.50. The van der Waals surface area contributed by atoms with Crippen molar-refractivity contribution in [3.05, 3.63) is 35.1 Å². The first-order valence-electron chi connectivity index (χ1n) is 5.13. The molecule has 1 aromatic rings. The molecule has 0 saturated heterocycles. The van der Waals surface area contributed by atoms with Crippen molar-refractivity contribution < 1.29 is 13.9 Å². The van der Waals surface area contributed by atoms with E-state index in [2.05, 4.69) is 10.1 Å². The topological polar surface area (TPSA) is 62.1 Å². The Labute approximate surface area is 99.0 Å². The van der Waals surface area contributed by atoms with Crippen LogP contribution in [-0.2, 0) is 16.1 Å². The SMILES string of the molecule is COC(=O)CCNCc1cc(C#N)ccc1F. The van der Waals surface area contributed by atoms with Crippen LogP contribution in [0, 0.1) is 17.1 Å². The fraction of sp³-hybridized carbons (Fsp3) is 0.333. The third kappa shape index (κ3) is 4.21. The van der Waals surface area contributed by atoms with Crippen LogP contribution >= 0.6 is 0 Å². The molecule has 4 nitrogen and oxygen atoms in total. The van der Waals surface area contributed by atoms with Crippen molar-refractivity contribution in [2.45, 2.75) is 13.0 Å². The number of hydrogen-bond acceptors (Lipinski definition) is 4. The Bertz CT molecular complexity index is 441. The van der Waals surface area contributed by atoms with E-state index >= 15 is 0 Å². The molecule has 1 rings (SSSR count). The van der Waals surface area contributed by atoms with Crippen molar-refractivity contribution in [1.29, 1.82) is 5.26 Å². The minimum absolute atomic E-state index is 0.232. The largest absolute Gasteiger partial charge is 0.469 e. The Morgan fingerprint density at radius 3 is 3.00 bits per heavy atom. The minimum Gasteiger partial charge on any atom is -0.469 e. The summed E-state index contributed by atoms with van der Waals surface area (Å²) in [5.41, 5.74) is 0.824. The molecule has 0 aliphatic carbocycles. The highest BCUT2D eigenvalue weighted by Crippen LogP contribution is 2.09. The summed E-state index contributed by atoms with van der Waals surface area (Å²) >= 11 is 0. The lowest BCUT2D eigenvalue weighted by atomic mass is 10.1. The van der Waals surface area contributed by atoms with Crippen molar-refractivity contribution in [3.8, 4) is 6.07 Å². The number of rotatable bonds is 5. The summed E-state index contributed by atoms with van der Waals surface area (Å²) in [6, 6.07) is 6.11. The highest BCUT2D eigenvalue weighted by Gasteiger charge is 2.04. The van der Waals surface area contributed by atoms with Gasteiger partial charge in [0.05, 0.1) is 25.2 Å². The Hall–Kier alpha value is -1.93. The summed E-state index contributed by atoms with van der Waals surface area (Å²) in [6.45, 7) is 0.682. The summed E-state index contributed by atoms with van der Waals surface area (Å²) in [6.07, 6.45) is 0.232. The zero-order valence-electron chi connectivity index (χ0n) is 9.50. The summed E-state index contributed by atoms with van der Waals surface area (Å²) in [4.78, 5) is 10.8. The number of methoxy groups -OCH3 is 1. The minimum atomic E-state index is -0.366. The highest BCUT2D eigenvalue weighted by molar-refractivity contribution is 5.69. The average Bonchev–Trinajstić information content (AvgIpc) is 2.36. The van der Waals surface area contributed by atoms with Crippen molar-refractivity contribution in [1.82, 2.24) is 5.32 Å². The molecule has 0 bridgehead atoms. The van der Waals surface area contributed by atoms with Gasteiger partial charge in [0.15, 0.2) is 0 Å². The predicted molar refractivity (Wildman–Crippen MR) is 59.5 cm³/mol. The number of nitrogens with one attached hydrogen (secondary N) is 1. The van der Waals surface area contributed by atoms with Gasteiger partial charge in [-0.3, -0.25) is 4.79 Å². The van der Waals surface area contributed by atoms with Crippen molar-refractivity contribution in [2.75, 3.05) is 13.7 Å². The van der Waals surface area contributed by atoms with E-state index in [-0.39, 0.29) is 24.8 Å². The molecule has 0 aromatic heterocycles. The van der Waals surface area contributed by atoms with Crippen LogP contribution in [0.5, 0.6) is 0 Å². The second-order valence-corrected chi connectivity index (χ2v) is 3.42. The van der Waals surface area contributed by atoms with Crippen molar-refractivity contribution in [3.63, 3.8) is 0 Å². The first-order valence-corrected chi connectivity index (χ1v) is 5.13. The lowest BCUT2D eigenvalue weighted by Crippen LogP contribution is -2.19.